The third kappa shape index (κ3) is 5.83. The van der Waals surface area contributed by atoms with E-state index in [4.69, 9.17) is 9.47 Å². The molecule has 0 N–H and O–H groups in total. The van der Waals surface area contributed by atoms with E-state index in [1.807, 2.05) is 0 Å². The highest BCUT2D eigenvalue weighted by atomic mass is 19.4. The van der Waals surface area contributed by atoms with Crippen molar-refractivity contribution in [1.29, 1.82) is 0 Å². The van der Waals surface area contributed by atoms with Crippen molar-refractivity contribution in [3.05, 3.63) is 76.9 Å². The van der Waals surface area contributed by atoms with Gasteiger partial charge in [-0.25, -0.2) is 27.3 Å². The first-order valence-corrected chi connectivity index (χ1v) is 9.59. The number of ether oxygens (including phenoxy) is 2. The molecule has 0 bridgehead atoms. The first-order valence-electron chi connectivity index (χ1n) is 9.59. The molecule has 0 saturated carbocycles. The maximum atomic E-state index is 14.2. The van der Waals surface area contributed by atoms with E-state index in [0.29, 0.717) is 36.4 Å². The molecule has 0 aliphatic carbocycles. The Morgan fingerprint density at radius 2 is 1.47 bits per heavy atom. The molecular weight excluding hydrogens is 471 g/mol. The SMILES string of the molecule is CC(C)(C)OC(=O)c1c(C(F)(F)F)cc(-c2cc(F)cc(F)c2)nc1Oc1cc(F)ccc1F. The van der Waals surface area contributed by atoms with Crippen LogP contribution in [0.1, 0.15) is 36.7 Å². The zero-order chi connectivity index (χ0) is 25.4. The van der Waals surface area contributed by atoms with Crippen molar-refractivity contribution in [1.82, 2.24) is 4.98 Å². The fourth-order valence-electron chi connectivity index (χ4n) is 2.85. The second-order valence-electron chi connectivity index (χ2n) is 8.07. The van der Waals surface area contributed by atoms with Gasteiger partial charge in [-0.05, 0) is 51.1 Å². The third-order valence-electron chi connectivity index (χ3n) is 4.15. The molecule has 11 heteroatoms. The van der Waals surface area contributed by atoms with Crippen LogP contribution in [-0.4, -0.2) is 16.6 Å². The molecule has 0 unspecified atom stereocenters. The minimum Gasteiger partial charge on any atom is -0.456 e. The van der Waals surface area contributed by atoms with Gasteiger partial charge in [-0.3, -0.25) is 0 Å². The van der Waals surface area contributed by atoms with Crippen LogP contribution >= 0.6 is 0 Å². The number of esters is 1. The lowest BCUT2D eigenvalue weighted by molar-refractivity contribution is -0.138. The number of carbonyl (C=O) groups excluding carboxylic acids is 1. The average Bonchev–Trinajstić information content (AvgIpc) is 2.67. The fourth-order valence-corrected chi connectivity index (χ4v) is 2.85. The predicted octanol–water partition coefficient (Wildman–Crippen LogP) is 7.07. The number of hydrogen-bond donors (Lipinski definition) is 0. The van der Waals surface area contributed by atoms with Crippen LogP contribution in [0.4, 0.5) is 30.7 Å². The van der Waals surface area contributed by atoms with E-state index in [2.05, 4.69) is 4.98 Å². The number of halogens is 7. The molecule has 0 aliphatic heterocycles. The Hall–Kier alpha value is -3.63. The van der Waals surface area contributed by atoms with Crippen molar-refractivity contribution < 1.29 is 45.0 Å². The standard InChI is InChI=1S/C23H16F7NO3/c1-22(2,3)34-21(32)19-15(23(28,29)30)10-17(11-6-13(25)8-14(26)7-11)31-20(19)33-18-9-12(24)4-5-16(18)27/h4-10H,1-3H3. The van der Waals surface area contributed by atoms with E-state index < -0.39 is 75.0 Å². The summed E-state index contributed by atoms with van der Waals surface area (Å²) in [5.74, 6) is -7.89. The summed E-state index contributed by atoms with van der Waals surface area (Å²) >= 11 is 0. The van der Waals surface area contributed by atoms with E-state index in [1.54, 1.807) is 0 Å². The fraction of sp³-hybridized carbons (Fsp3) is 0.217. The van der Waals surface area contributed by atoms with E-state index in [-0.39, 0.29) is 0 Å². The van der Waals surface area contributed by atoms with Gasteiger partial charge in [0, 0.05) is 17.7 Å². The van der Waals surface area contributed by atoms with Crippen LogP contribution in [0.2, 0.25) is 0 Å². The molecule has 0 spiro atoms. The van der Waals surface area contributed by atoms with Gasteiger partial charge in [0.2, 0.25) is 5.88 Å². The van der Waals surface area contributed by atoms with Crippen LogP contribution in [0.15, 0.2) is 42.5 Å². The molecule has 34 heavy (non-hydrogen) atoms. The number of pyridine rings is 1. The van der Waals surface area contributed by atoms with Crippen LogP contribution in [0.5, 0.6) is 11.6 Å². The number of hydrogen-bond acceptors (Lipinski definition) is 4. The van der Waals surface area contributed by atoms with Gasteiger partial charge >= 0.3 is 12.1 Å². The molecule has 0 radical (unpaired) electrons. The molecule has 180 valence electrons. The zero-order valence-corrected chi connectivity index (χ0v) is 17.9. The van der Waals surface area contributed by atoms with E-state index in [9.17, 15) is 35.5 Å². The molecule has 3 rings (SSSR count). The second-order valence-corrected chi connectivity index (χ2v) is 8.07. The quantitative estimate of drug-likeness (QED) is 0.292. The largest absolute Gasteiger partial charge is 0.456 e. The van der Waals surface area contributed by atoms with Gasteiger partial charge in [0.15, 0.2) is 11.6 Å². The Morgan fingerprint density at radius 1 is 0.853 bits per heavy atom. The van der Waals surface area contributed by atoms with Crippen LogP contribution in [-0.2, 0) is 10.9 Å². The number of rotatable bonds is 4. The first-order chi connectivity index (χ1) is 15.6. The number of alkyl halides is 3. The highest BCUT2D eigenvalue weighted by Crippen LogP contribution is 2.40. The minimum absolute atomic E-state index is 0.377. The lowest BCUT2D eigenvalue weighted by Gasteiger charge is -2.23. The van der Waals surface area contributed by atoms with Gasteiger partial charge < -0.3 is 9.47 Å². The van der Waals surface area contributed by atoms with Crippen molar-refractivity contribution in [3.63, 3.8) is 0 Å². The summed E-state index contributed by atoms with van der Waals surface area (Å²) in [5.41, 5.74) is -5.17. The molecule has 1 aromatic heterocycles. The molecule has 2 aromatic carbocycles. The van der Waals surface area contributed by atoms with Gasteiger partial charge in [-0.2, -0.15) is 13.2 Å². The molecule has 0 fully saturated rings. The van der Waals surface area contributed by atoms with E-state index >= 15 is 0 Å². The van der Waals surface area contributed by atoms with Crippen molar-refractivity contribution in [2.45, 2.75) is 32.5 Å². The Labute approximate surface area is 189 Å². The molecule has 0 amide bonds. The van der Waals surface area contributed by atoms with Crippen molar-refractivity contribution >= 4 is 5.97 Å². The summed E-state index contributed by atoms with van der Waals surface area (Å²) < 4.78 is 107. The smallest absolute Gasteiger partial charge is 0.417 e. The maximum Gasteiger partial charge on any atom is 0.417 e. The number of benzene rings is 2. The summed E-state index contributed by atoms with van der Waals surface area (Å²) in [7, 11) is 0. The lowest BCUT2D eigenvalue weighted by Crippen LogP contribution is -2.26. The summed E-state index contributed by atoms with van der Waals surface area (Å²) in [6.45, 7) is 4.17. The van der Waals surface area contributed by atoms with Crippen molar-refractivity contribution in [2.24, 2.45) is 0 Å². The molecule has 0 saturated heterocycles. The normalized spacial score (nSPS) is 11.9. The summed E-state index contributed by atoms with van der Waals surface area (Å²) in [6, 6.07) is 4.17. The number of aromatic nitrogens is 1. The minimum atomic E-state index is -5.20. The van der Waals surface area contributed by atoms with Gasteiger partial charge in [-0.15, -0.1) is 0 Å². The Morgan fingerprint density at radius 3 is 2.03 bits per heavy atom. The molecule has 4 nitrogen and oxygen atoms in total. The van der Waals surface area contributed by atoms with Gasteiger partial charge in [0.25, 0.3) is 0 Å². The summed E-state index contributed by atoms with van der Waals surface area (Å²) in [6.07, 6.45) is -5.20. The van der Waals surface area contributed by atoms with E-state index in [0.717, 1.165) is 6.07 Å². The molecule has 0 aliphatic rings. The lowest BCUT2D eigenvalue weighted by atomic mass is 10.0. The monoisotopic (exact) mass is 487 g/mol. The zero-order valence-electron chi connectivity index (χ0n) is 17.9. The maximum absolute atomic E-state index is 14.2. The highest BCUT2D eigenvalue weighted by Gasteiger charge is 2.40. The highest BCUT2D eigenvalue weighted by molar-refractivity contribution is 5.95. The van der Waals surface area contributed by atoms with E-state index in [1.165, 1.54) is 20.8 Å². The molecular formula is C23H16F7NO3. The van der Waals surface area contributed by atoms with Crippen LogP contribution < -0.4 is 4.74 Å². The second kappa shape index (κ2) is 8.96. The van der Waals surface area contributed by atoms with Gasteiger partial charge in [0.1, 0.15) is 28.6 Å². The van der Waals surface area contributed by atoms with Crippen molar-refractivity contribution in [2.75, 3.05) is 0 Å². The Bertz CT molecular complexity index is 1230. The van der Waals surface area contributed by atoms with Gasteiger partial charge in [-0.1, -0.05) is 0 Å². The third-order valence-corrected chi connectivity index (χ3v) is 4.15. The number of carbonyl (C=O) groups is 1. The Kier molecular flexibility index (Phi) is 6.59. The van der Waals surface area contributed by atoms with Crippen LogP contribution in [0.25, 0.3) is 11.3 Å². The predicted molar refractivity (Wildman–Crippen MR) is 106 cm³/mol. The average molecular weight is 487 g/mol. The van der Waals surface area contributed by atoms with Gasteiger partial charge in [0.05, 0.1) is 11.3 Å². The summed E-state index contributed by atoms with van der Waals surface area (Å²) in [4.78, 5) is 16.5. The molecule has 0 atom stereocenters. The van der Waals surface area contributed by atoms with Crippen LogP contribution in [0.3, 0.4) is 0 Å². The molecule has 3 aromatic rings. The summed E-state index contributed by atoms with van der Waals surface area (Å²) in [5, 5.41) is 0. The van der Waals surface area contributed by atoms with Crippen LogP contribution in [0, 0.1) is 23.3 Å². The molecule has 1 heterocycles. The first kappa shape index (κ1) is 25.0. The topological polar surface area (TPSA) is 48.4 Å². The Balaban J connectivity index is 2.33. The van der Waals surface area contributed by atoms with Crippen molar-refractivity contribution in [3.8, 4) is 22.9 Å². The number of nitrogens with zero attached hydrogens (tertiary/aromatic N) is 1.